The van der Waals surface area contributed by atoms with Crippen LogP contribution in [0.1, 0.15) is 80.6 Å². The Morgan fingerprint density at radius 3 is 2.45 bits per heavy atom. The van der Waals surface area contributed by atoms with Crippen LogP contribution in [0.25, 0.3) is 33.4 Å². The molecule has 8 rings (SSSR count). The predicted octanol–water partition coefficient (Wildman–Crippen LogP) is 7.28. The van der Waals surface area contributed by atoms with Gasteiger partial charge in [0.25, 0.3) is 11.7 Å². The predicted molar refractivity (Wildman–Crippen MR) is 237 cm³/mol. The summed E-state index contributed by atoms with van der Waals surface area (Å²) in [5.74, 6) is -0.250. The molecule has 2 fully saturated rings. The topological polar surface area (TPSA) is 186 Å². The molecule has 16 heteroatoms. The highest BCUT2D eigenvalue weighted by molar-refractivity contribution is 6.05. The van der Waals surface area contributed by atoms with Crippen LogP contribution >= 0.6 is 0 Å². The van der Waals surface area contributed by atoms with Gasteiger partial charge in [-0.1, -0.05) is 50.2 Å². The molecule has 0 spiro atoms. The molecule has 3 aromatic carbocycles. The monoisotopic (exact) mass is 841 g/mol. The number of nitrogens with one attached hydrogen (secondary N) is 5. The van der Waals surface area contributed by atoms with Gasteiger partial charge in [0.15, 0.2) is 5.65 Å². The molecule has 6 aromatic rings. The highest BCUT2D eigenvalue weighted by atomic mass is 19.1. The van der Waals surface area contributed by atoms with Crippen LogP contribution in [0.4, 0.5) is 26.2 Å². The zero-order valence-electron chi connectivity index (χ0n) is 35.6. The number of aryl methyl sites for hydroxylation is 1. The average molecular weight is 842 g/mol. The molecule has 0 saturated carbocycles. The molecule has 0 aliphatic carbocycles. The van der Waals surface area contributed by atoms with Crippen molar-refractivity contribution in [2.24, 2.45) is 5.92 Å². The highest BCUT2D eigenvalue weighted by Gasteiger charge is 2.28. The van der Waals surface area contributed by atoms with Crippen molar-refractivity contribution in [3.8, 4) is 22.4 Å². The molecule has 5 N–H and O–H groups in total. The van der Waals surface area contributed by atoms with Gasteiger partial charge in [-0.15, -0.1) is 0 Å². The fourth-order valence-corrected chi connectivity index (χ4v) is 8.04. The molecule has 62 heavy (non-hydrogen) atoms. The van der Waals surface area contributed by atoms with Gasteiger partial charge in [-0.25, -0.2) is 14.2 Å². The Morgan fingerprint density at radius 2 is 1.74 bits per heavy atom. The van der Waals surface area contributed by atoms with Crippen molar-refractivity contribution < 1.29 is 23.3 Å². The number of anilines is 3. The number of pyridine rings is 1. The van der Waals surface area contributed by atoms with Crippen LogP contribution < -0.4 is 31.1 Å². The van der Waals surface area contributed by atoms with Gasteiger partial charge in [0.1, 0.15) is 5.82 Å². The van der Waals surface area contributed by atoms with Crippen molar-refractivity contribution in [2.45, 2.75) is 65.3 Å². The summed E-state index contributed by atoms with van der Waals surface area (Å²) in [5, 5.41) is 24.8. The van der Waals surface area contributed by atoms with Gasteiger partial charge >= 0.3 is 6.03 Å². The number of imide groups is 1. The molecule has 0 bridgehead atoms. The van der Waals surface area contributed by atoms with E-state index in [4.69, 9.17) is 4.52 Å². The lowest BCUT2D eigenvalue weighted by atomic mass is 9.96. The number of carbonyl (C=O) groups excluding carboxylic acids is 3. The first kappa shape index (κ1) is 42.0. The Kier molecular flexibility index (Phi) is 12.0. The molecule has 4 amide bonds. The van der Waals surface area contributed by atoms with Crippen LogP contribution in [0.2, 0.25) is 0 Å². The number of benzene rings is 3. The van der Waals surface area contributed by atoms with Crippen molar-refractivity contribution in [3.63, 3.8) is 0 Å². The summed E-state index contributed by atoms with van der Waals surface area (Å²) in [4.78, 5) is 49.0. The molecule has 2 aliphatic rings. The normalized spacial score (nSPS) is 15.5. The van der Waals surface area contributed by atoms with E-state index < -0.39 is 17.8 Å². The highest BCUT2D eigenvalue weighted by Crippen LogP contribution is 2.33. The minimum atomic E-state index is -0.590. The first-order chi connectivity index (χ1) is 29.8. The lowest BCUT2D eigenvalue weighted by Gasteiger charge is -2.34. The van der Waals surface area contributed by atoms with Crippen molar-refractivity contribution >= 4 is 45.9 Å². The van der Waals surface area contributed by atoms with E-state index >= 15 is 4.39 Å². The van der Waals surface area contributed by atoms with Crippen LogP contribution in [0.5, 0.6) is 0 Å². The van der Waals surface area contributed by atoms with Gasteiger partial charge < -0.3 is 25.4 Å². The number of H-pyrrole nitrogens is 1. The number of nitrogens with zero attached hydrogens (tertiary/aromatic N) is 6. The van der Waals surface area contributed by atoms with E-state index in [9.17, 15) is 14.4 Å². The summed E-state index contributed by atoms with van der Waals surface area (Å²) in [6.07, 6.45) is 3.99. The summed E-state index contributed by atoms with van der Waals surface area (Å²) in [6.45, 7) is 14.1. The maximum atomic E-state index is 15.0. The fraction of sp³-hybridized carbons (Fsp3) is 0.370. The summed E-state index contributed by atoms with van der Waals surface area (Å²) in [7, 11) is 0. The van der Waals surface area contributed by atoms with E-state index in [1.54, 1.807) is 6.07 Å². The molecule has 3 aromatic heterocycles. The number of urea groups is 1. The lowest BCUT2D eigenvalue weighted by Crippen LogP contribution is -2.49. The summed E-state index contributed by atoms with van der Waals surface area (Å²) in [6, 6.07) is 20.6. The molecule has 15 nitrogen and oxygen atoms in total. The van der Waals surface area contributed by atoms with Crippen LogP contribution in [0.3, 0.4) is 0 Å². The van der Waals surface area contributed by atoms with Gasteiger partial charge in [-0.05, 0) is 98.3 Å². The molecule has 2 aliphatic heterocycles. The Labute approximate surface area is 359 Å². The van der Waals surface area contributed by atoms with Crippen molar-refractivity contribution in [3.05, 3.63) is 102 Å². The van der Waals surface area contributed by atoms with E-state index in [-0.39, 0.29) is 41.8 Å². The molecule has 2 saturated heterocycles. The number of hydrogen-bond donors (Lipinski definition) is 5. The summed E-state index contributed by atoms with van der Waals surface area (Å²) < 4.78 is 20.3. The number of piperidine rings is 1. The Bertz CT molecular complexity index is 2590. The summed E-state index contributed by atoms with van der Waals surface area (Å²) in [5.41, 5.74) is 8.13. The van der Waals surface area contributed by atoms with Crippen LogP contribution in [0.15, 0.2) is 77.4 Å². The van der Waals surface area contributed by atoms with Gasteiger partial charge in [0.2, 0.25) is 11.8 Å². The second kappa shape index (κ2) is 17.7. The molecule has 1 atom stereocenters. The number of carbonyl (C=O) groups is 3. The smallest absolute Gasteiger partial charge is 0.328 e. The number of halogens is 1. The van der Waals surface area contributed by atoms with E-state index in [1.165, 1.54) is 11.0 Å². The molecule has 5 heterocycles. The SMILES string of the molecule is Cc1cc(-c2[nH]nc3ncc(-c4ccc(NCCNCC5CCN(c6ccc(N7CCC(=O)NC7=O)c(F)c6)CC5)cc4)cc23)ccc1[C@@H](C)NC(=O)c1noc(C(C)(C)C)n1. The second-order valence-corrected chi connectivity index (χ2v) is 17.2. The van der Waals surface area contributed by atoms with Crippen molar-refractivity contribution in [2.75, 3.05) is 54.4 Å². The fourth-order valence-electron chi connectivity index (χ4n) is 8.04. The molecular weight excluding hydrogens is 790 g/mol. The lowest BCUT2D eigenvalue weighted by molar-refractivity contribution is -0.120. The number of aromatic nitrogens is 5. The zero-order valence-corrected chi connectivity index (χ0v) is 35.6. The third-order valence-corrected chi connectivity index (χ3v) is 11.6. The first-order valence-corrected chi connectivity index (χ1v) is 21.1. The minimum absolute atomic E-state index is 0.0135. The second-order valence-electron chi connectivity index (χ2n) is 17.2. The van der Waals surface area contributed by atoms with Gasteiger partial charge in [0.05, 0.1) is 17.4 Å². The Balaban J connectivity index is 0.798. The van der Waals surface area contributed by atoms with Gasteiger partial charge in [-0.3, -0.25) is 24.9 Å². The number of aromatic amines is 1. The molecule has 0 radical (unpaired) electrons. The standard InChI is InChI=1S/C46H52FN11O4/c1-27-22-31(8-12-35(27)28(2)51-43(60)42-53-44(62-56-42)46(3,4)5)40-36-23-32(26-50-41(36)55-54-40)30-6-9-33(10-7-30)49-18-17-48-25-29-14-19-57(20-15-29)34-11-13-38(37(47)24-34)58-21-16-39(59)52-45(58)61/h6-13,22-24,26,28-29,48-49H,14-21,25H2,1-5H3,(H,51,60)(H,50,54,55)(H,52,59,61)/t28-/m1/s1. The molecule has 0 unspecified atom stereocenters. The van der Waals surface area contributed by atoms with E-state index in [0.717, 1.165) is 95.8 Å². The largest absolute Gasteiger partial charge is 0.384 e. The first-order valence-electron chi connectivity index (χ1n) is 21.1. The number of hydrogen-bond acceptors (Lipinski definition) is 11. The van der Waals surface area contributed by atoms with Crippen LogP contribution in [-0.4, -0.2) is 82.4 Å². The third-order valence-electron chi connectivity index (χ3n) is 11.6. The molecular formula is C46H52FN11O4. The van der Waals surface area contributed by atoms with E-state index in [0.29, 0.717) is 17.5 Å². The van der Waals surface area contributed by atoms with Gasteiger partial charge in [0, 0.05) is 78.6 Å². The molecule has 322 valence electrons. The number of rotatable bonds is 13. The summed E-state index contributed by atoms with van der Waals surface area (Å²) >= 11 is 0. The van der Waals surface area contributed by atoms with E-state index in [1.807, 2.05) is 59.0 Å². The Morgan fingerprint density at radius 1 is 0.968 bits per heavy atom. The average Bonchev–Trinajstić information content (AvgIpc) is 3.93. The third kappa shape index (κ3) is 9.29. The quantitative estimate of drug-likeness (QED) is 0.0737. The minimum Gasteiger partial charge on any atom is -0.384 e. The van der Waals surface area contributed by atoms with Gasteiger partial charge in [-0.2, -0.15) is 10.1 Å². The van der Waals surface area contributed by atoms with Crippen molar-refractivity contribution in [1.29, 1.82) is 0 Å². The van der Waals surface area contributed by atoms with E-state index in [2.05, 4.69) is 87.9 Å². The van der Waals surface area contributed by atoms with Crippen LogP contribution in [-0.2, 0) is 10.2 Å². The Hall–Kier alpha value is -6.68. The van der Waals surface area contributed by atoms with Crippen LogP contribution in [0, 0.1) is 18.7 Å². The van der Waals surface area contributed by atoms with Crippen molar-refractivity contribution in [1.82, 2.24) is 41.3 Å². The maximum Gasteiger partial charge on any atom is 0.328 e. The number of amides is 4. The zero-order chi connectivity index (χ0) is 43.5. The maximum absolute atomic E-state index is 15.0. The number of fused-ring (bicyclic) bond motifs is 1.